The SMILES string of the molecule is CCCC(=O)Nc1ccc(O)c(/C(C)=N/NC(=O)C(=O)NCc2ccco2)c1. The summed E-state index contributed by atoms with van der Waals surface area (Å²) in [7, 11) is 0. The Kier molecular flexibility index (Phi) is 7.32. The maximum atomic E-state index is 11.8. The summed E-state index contributed by atoms with van der Waals surface area (Å²) in [5.41, 5.74) is 3.19. The van der Waals surface area contributed by atoms with E-state index in [1.165, 1.54) is 18.4 Å². The molecular formula is C19H22N4O5. The molecule has 0 radical (unpaired) electrons. The molecule has 3 amide bonds. The standard InChI is InChI=1S/C19H22N4O5/c1-3-5-17(25)21-13-7-8-16(24)15(10-13)12(2)22-23-19(27)18(26)20-11-14-6-4-9-28-14/h4,6-10,24H,3,5,11H2,1-2H3,(H,20,26)(H,21,25)(H,23,27)/b22-12+. The van der Waals surface area contributed by atoms with Gasteiger partial charge in [-0.15, -0.1) is 0 Å². The number of phenols is 1. The second-order valence-corrected chi connectivity index (χ2v) is 5.93. The van der Waals surface area contributed by atoms with Crippen molar-refractivity contribution in [2.45, 2.75) is 33.2 Å². The normalized spacial score (nSPS) is 11.0. The summed E-state index contributed by atoms with van der Waals surface area (Å²) in [5.74, 6) is -1.55. The van der Waals surface area contributed by atoms with Crippen molar-refractivity contribution >= 4 is 29.1 Å². The van der Waals surface area contributed by atoms with Gasteiger partial charge in [-0.1, -0.05) is 6.92 Å². The molecule has 0 fully saturated rings. The molecule has 0 bridgehead atoms. The first-order valence-corrected chi connectivity index (χ1v) is 8.68. The van der Waals surface area contributed by atoms with Crippen molar-refractivity contribution in [3.63, 3.8) is 0 Å². The predicted molar refractivity (Wildman–Crippen MR) is 103 cm³/mol. The third kappa shape index (κ3) is 5.97. The van der Waals surface area contributed by atoms with Crippen LogP contribution in [0.3, 0.4) is 0 Å². The monoisotopic (exact) mass is 386 g/mol. The van der Waals surface area contributed by atoms with Crippen LogP contribution >= 0.6 is 0 Å². The highest BCUT2D eigenvalue weighted by molar-refractivity contribution is 6.35. The Morgan fingerprint density at radius 3 is 2.64 bits per heavy atom. The van der Waals surface area contributed by atoms with Gasteiger partial charge in [0.25, 0.3) is 0 Å². The quantitative estimate of drug-likeness (QED) is 0.250. The van der Waals surface area contributed by atoms with Crippen molar-refractivity contribution in [1.82, 2.24) is 10.7 Å². The smallest absolute Gasteiger partial charge is 0.329 e. The van der Waals surface area contributed by atoms with E-state index in [0.717, 1.165) is 0 Å². The van der Waals surface area contributed by atoms with E-state index in [4.69, 9.17) is 4.42 Å². The van der Waals surface area contributed by atoms with Crippen LogP contribution in [0.4, 0.5) is 5.69 Å². The summed E-state index contributed by atoms with van der Waals surface area (Å²) in [4.78, 5) is 35.3. The summed E-state index contributed by atoms with van der Waals surface area (Å²) >= 11 is 0. The van der Waals surface area contributed by atoms with Crippen LogP contribution in [-0.2, 0) is 20.9 Å². The molecule has 0 atom stereocenters. The van der Waals surface area contributed by atoms with Crippen LogP contribution in [-0.4, -0.2) is 28.5 Å². The number of nitrogens with one attached hydrogen (secondary N) is 3. The van der Waals surface area contributed by atoms with Crippen molar-refractivity contribution < 1.29 is 23.9 Å². The van der Waals surface area contributed by atoms with Crippen LogP contribution in [0.25, 0.3) is 0 Å². The van der Waals surface area contributed by atoms with Crippen LogP contribution in [0.1, 0.15) is 38.0 Å². The number of furan rings is 1. The fourth-order valence-electron chi connectivity index (χ4n) is 2.26. The van der Waals surface area contributed by atoms with Gasteiger partial charge < -0.3 is 20.2 Å². The summed E-state index contributed by atoms with van der Waals surface area (Å²) in [6.07, 6.45) is 2.55. The number of carbonyl (C=O) groups excluding carboxylic acids is 3. The first-order chi connectivity index (χ1) is 13.4. The van der Waals surface area contributed by atoms with Gasteiger partial charge >= 0.3 is 11.8 Å². The molecule has 0 unspecified atom stereocenters. The Morgan fingerprint density at radius 1 is 1.18 bits per heavy atom. The lowest BCUT2D eigenvalue weighted by Gasteiger charge is -2.09. The van der Waals surface area contributed by atoms with Crippen molar-refractivity contribution in [2.24, 2.45) is 5.10 Å². The highest BCUT2D eigenvalue weighted by Crippen LogP contribution is 2.22. The van der Waals surface area contributed by atoms with E-state index >= 15 is 0 Å². The molecule has 0 saturated heterocycles. The first-order valence-electron chi connectivity index (χ1n) is 8.68. The number of carbonyl (C=O) groups is 3. The summed E-state index contributed by atoms with van der Waals surface area (Å²) in [5, 5.41) is 19.0. The number of hydrogen-bond donors (Lipinski definition) is 4. The van der Waals surface area contributed by atoms with Gasteiger partial charge in [0.1, 0.15) is 11.5 Å². The van der Waals surface area contributed by atoms with Crippen LogP contribution in [0.5, 0.6) is 5.75 Å². The highest BCUT2D eigenvalue weighted by atomic mass is 16.3. The average Bonchev–Trinajstić information content (AvgIpc) is 3.19. The van der Waals surface area contributed by atoms with Crippen molar-refractivity contribution in [1.29, 1.82) is 0 Å². The number of hydrazone groups is 1. The van der Waals surface area contributed by atoms with Gasteiger partial charge in [0.05, 0.1) is 18.5 Å². The molecule has 1 aromatic heterocycles. The van der Waals surface area contributed by atoms with Crippen molar-refractivity contribution in [3.05, 3.63) is 47.9 Å². The van der Waals surface area contributed by atoms with Crippen LogP contribution < -0.4 is 16.1 Å². The number of nitrogens with zero attached hydrogens (tertiary/aromatic N) is 1. The lowest BCUT2D eigenvalue weighted by molar-refractivity contribution is -0.139. The Morgan fingerprint density at radius 2 is 1.96 bits per heavy atom. The molecule has 9 heteroatoms. The molecule has 1 heterocycles. The third-order valence-electron chi connectivity index (χ3n) is 3.68. The van der Waals surface area contributed by atoms with E-state index in [2.05, 4.69) is 21.2 Å². The summed E-state index contributed by atoms with van der Waals surface area (Å²) < 4.78 is 5.06. The van der Waals surface area contributed by atoms with Gasteiger partial charge in [0.2, 0.25) is 5.91 Å². The Labute approximate surface area is 161 Å². The number of hydrogen-bond acceptors (Lipinski definition) is 6. The molecule has 148 valence electrons. The molecule has 0 aliphatic carbocycles. The number of phenolic OH excluding ortho intramolecular Hbond substituents is 1. The highest BCUT2D eigenvalue weighted by Gasteiger charge is 2.14. The number of anilines is 1. The molecule has 2 rings (SSSR count). The molecule has 1 aromatic carbocycles. The van der Waals surface area contributed by atoms with Gasteiger partial charge in [-0.3, -0.25) is 14.4 Å². The van der Waals surface area contributed by atoms with Crippen LogP contribution in [0, 0.1) is 0 Å². The van der Waals surface area contributed by atoms with Gasteiger partial charge in [0.15, 0.2) is 0 Å². The lowest BCUT2D eigenvalue weighted by atomic mass is 10.1. The number of rotatable bonds is 7. The Hall–Kier alpha value is -3.62. The minimum absolute atomic E-state index is 0.0717. The predicted octanol–water partition coefficient (Wildman–Crippen LogP) is 1.88. The fraction of sp³-hybridized carbons (Fsp3) is 0.263. The average molecular weight is 386 g/mol. The van der Waals surface area contributed by atoms with E-state index in [9.17, 15) is 19.5 Å². The summed E-state index contributed by atoms with van der Waals surface area (Å²) in [6, 6.07) is 7.83. The largest absolute Gasteiger partial charge is 0.507 e. The molecule has 4 N–H and O–H groups in total. The van der Waals surface area contributed by atoms with E-state index in [1.54, 1.807) is 25.1 Å². The molecular weight excluding hydrogens is 364 g/mol. The molecule has 28 heavy (non-hydrogen) atoms. The lowest BCUT2D eigenvalue weighted by Crippen LogP contribution is -2.37. The number of aromatic hydroxyl groups is 1. The van der Waals surface area contributed by atoms with E-state index < -0.39 is 11.8 Å². The zero-order valence-corrected chi connectivity index (χ0v) is 15.6. The van der Waals surface area contributed by atoms with Crippen molar-refractivity contribution in [2.75, 3.05) is 5.32 Å². The van der Waals surface area contributed by atoms with E-state index in [0.29, 0.717) is 29.9 Å². The zero-order valence-electron chi connectivity index (χ0n) is 15.6. The summed E-state index contributed by atoms with van der Waals surface area (Å²) in [6.45, 7) is 3.52. The van der Waals surface area contributed by atoms with E-state index in [-0.39, 0.29) is 23.9 Å². The second-order valence-electron chi connectivity index (χ2n) is 5.93. The minimum atomic E-state index is -0.960. The second kappa shape index (κ2) is 9.91. The molecule has 0 aliphatic rings. The van der Waals surface area contributed by atoms with Crippen LogP contribution in [0.15, 0.2) is 46.1 Å². The van der Waals surface area contributed by atoms with Crippen LogP contribution in [0.2, 0.25) is 0 Å². The molecule has 0 aliphatic heterocycles. The molecule has 0 spiro atoms. The molecule has 0 saturated carbocycles. The molecule has 2 aromatic rings. The molecule has 9 nitrogen and oxygen atoms in total. The van der Waals surface area contributed by atoms with Gasteiger partial charge in [-0.2, -0.15) is 5.10 Å². The van der Waals surface area contributed by atoms with Gasteiger partial charge in [-0.05, 0) is 43.7 Å². The third-order valence-corrected chi connectivity index (χ3v) is 3.68. The zero-order chi connectivity index (χ0) is 20.5. The topological polar surface area (TPSA) is 133 Å². The van der Waals surface area contributed by atoms with E-state index in [1.807, 2.05) is 6.92 Å². The van der Waals surface area contributed by atoms with Gasteiger partial charge in [0, 0.05) is 17.7 Å². The number of benzene rings is 1. The maximum Gasteiger partial charge on any atom is 0.329 e. The Balaban J connectivity index is 1.98. The van der Waals surface area contributed by atoms with Gasteiger partial charge in [-0.25, -0.2) is 5.43 Å². The number of amides is 3. The minimum Gasteiger partial charge on any atom is -0.507 e. The fourth-order valence-corrected chi connectivity index (χ4v) is 2.26. The Bertz CT molecular complexity index is 874. The van der Waals surface area contributed by atoms with Crippen molar-refractivity contribution in [3.8, 4) is 5.75 Å². The first kappa shape index (κ1) is 20.7. The maximum absolute atomic E-state index is 11.8.